The Morgan fingerprint density at radius 3 is 2.21 bits per heavy atom. The van der Waals surface area contributed by atoms with Crippen LogP contribution in [0.4, 0.5) is 5.69 Å². The summed E-state index contributed by atoms with van der Waals surface area (Å²) in [4.78, 5) is 12.7. The van der Waals surface area contributed by atoms with E-state index in [1.54, 1.807) is 63.8 Å². The topological polar surface area (TPSA) is 94.2 Å². The minimum atomic E-state index is -3.86. The molecule has 0 unspecified atom stereocenters. The zero-order valence-electron chi connectivity index (χ0n) is 19.6. The molecule has 180 valence electrons. The Labute approximate surface area is 200 Å². The molecule has 0 aliphatic rings. The summed E-state index contributed by atoms with van der Waals surface area (Å²) in [5.74, 6) is 1.61. The molecular formula is C25H28N2O6S. The van der Waals surface area contributed by atoms with Crippen molar-refractivity contribution in [2.45, 2.75) is 11.3 Å². The fourth-order valence-corrected chi connectivity index (χ4v) is 4.60. The van der Waals surface area contributed by atoms with Gasteiger partial charge in [-0.05, 0) is 60.5 Å². The van der Waals surface area contributed by atoms with Gasteiger partial charge in [-0.15, -0.1) is 0 Å². The molecular weight excluding hydrogens is 456 g/mol. The summed E-state index contributed by atoms with van der Waals surface area (Å²) in [6.07, 6.45) is 0.539. The van der Waals surface area contributed by atoms with Gasteiger partial charge < -0.3 is 19.5 Å². The summed E-state index contributed by atoms with van der Waals surface area (Å²) >= 11 is 0. The summed E-state index contributed by atoms with van der Waals surface area (Å²) < 4.78 is 43.1. The molecule has 0 aromatic heterocycles. The molecule has 8 nitrogen and oxygen atoms in total. The predicted octanol–water partition coefficient (Wildman–Crippen LogP) is 3.51. The smallest absolute Gasteiger partial charge is 0.264 e. The van der Waals surface area contributed by atoms with Gasteiger partial charge in [0.2, 0.25) is 0 Å². The van der Waals surface area contributed by atoms with E-state index in [2.05, 4.69) is 5.32 Å². The second-order valence-corrected chi connectivity index (χ2v) is 9.35. The van der Waals surface area contributed by atoms with Crippen molar-refractivity contribution in [1.29, 1.82) is 0 Å². The van der Waals surface area contributed by atoms with Crippen molar-refractivity contribution < 1.29 is 27.4 Å². The second-order valence-electron chi connectivity index (χ2n) is 7.38. The van der Waals surface area contributed by atoms with E-state index >= 15 is 0 Å². The van der Waals surface area contributed by atoms with Crippen LogP contribution >= 0.6 is 0 Å². The van der Waals surface area contributed by atoms with Crippen molar-refractivity contribution in [1.82, 2.24) is 5.32 Å². The molecule has 1 N–H and O–H groups in total. The Hall–Kier alpha value is -3.72. The van der Waals surface area contributed by atoms with Gasteiger partial charge in [-0.1, -0.05) is 12.1 Å². The highest BCUT2D eigenvalue weighted by atomic mass is 32.2. The number of benzene rings is 3. The number of carbonyl (C=O) groups is 1. The monoisotopic (exact) mass is 484 g/mol. The third-order valence-corrected chi connectivity index (χ3v) is 7.15. The molecule has 0 spiro atoms. The number of hydrogen-bond donors (Lipinski definition) is 1. The maximum atomic E-state index is 13.1. The van der Waals surface area contributed by atoms with Crippen molar-refractivity contribution in [2.75, 3.05) is 39.2 Å². The maximum Gasteiger partial charge on any atom is 0.264 e. The fourth-order valence-electron chi connectivity index (χ4n) is 3.36. The molecule has 34 heavy (non-hydrogen) atoms. The highest BCUT2D eigenvalue weighted by molar-refractivity contribution is 7.92. The van der Waals surface area contributed by atoms with Gasteiger partial charge in [0.05, 0.1) is 31.9 Å². The largest absolute Gasteiger partial charge is 0.497 e. The van der Waals surface area contributed by atoms with Gasteiger partial charge >= 0.3 is 0 Å². The van der Waals surface area contributed by atoms with Crippen LogP contribution < -0.4 is 23.8 Å². The average Bonchev–Trinajstić information content (AvgIpc) is 2.88. The van der Waals surface area contributed by atoms with E-state index in [0.717, 1.165) is 5.56 Å². The third-order valence-electron chi connectivity index (χ3n) is 5.36. The summed E-state index contributed by atoms with van der Waals surface area (Å²) in [5.41, 5.74) is 1.65. The van der Waals surface area contributed by atoms with Crippen molar-refractivity contribution in [3.05, 3.63) is 77.9 Å². The number of carbonyl (C=O) groups excluding carboxylic acids is 1. The quantitative estimate of drug-likeness (QED) is 0.473. The summed E-state index contributed by atoms with van der Waals surface area (Å²) in [6.45, 7) is 0.351. The highest BCUT2D eigenvalue weighted by Crippen LogP contribution is 2.26. The van der Waals surface area contributed by atoms with Crippen LogP contribution in [0, 0.1) is 0 Å². The molecule has 0 saturated heterocycles. The Bertz CT molecular complexity index is 1240. The number of anilines is 1. The first-order chi connectivity index (χ1) is 16.3. The van der Waals surface area contributed by atoms with Gasteiger partial charge in [0.25, 0.3) is 15.9 Å². The van der Waals surface area contributed by atoms with Crippen LogP contribution in [-0.4, -0.2) is 49.2 Å². The maximum absolute atomic E-state index is 13.1. The molecule has 0 bridgehead atoms. The van der Waals surface area contributed by atoms with E-state index in [9.17, 15) is 13.2 Å². The first-order valence-electron chi connectivity index (χ1n) is 10.5. The first kappa shape index (κ1) is 24.9. The average molecular weight is 485 g/mol. The molecule has 3 aromatic carbocycles. The van der Waals surface area contributed by atoms with Crippen LogP contribution in [0.5, 0.6) is 17.2 Å². The van der Waals surface area contributed by atoms with Crippen molar-refractivity contribution in [3.63, 3.8) is 0 Å². The minimum Gasteiger partial charge on any atom is -0.497 e. The molecule has 3 rings (SSSR count). The van der Waals surface area contributed by atoms with Gasteiger partial charge in [0.15, 0.2) is 0 Å². The Morgan fingerprint density at radius 2 is 1.56 bits per heavy atom. The molecule has 0 saturated carbocycles. The second kappa shape index (κ2) is 10.9. The van der Waals surface area contributed by atoms with Gasteiger partial charge in [-0.2, -0.15) is 0 Å². The van der Waals surface area contributed by atoms with Crippen LogP contribution in [0.2, 0.25) is 0 Å². The molecule has 3 aromatic rings. The summed E-state index contributed by atoms with van der Waals surface area (Å²) in [7, 11) is 2.30. The molecule has 1 amide bonds. The number of rotatable bonds is 10. The summed E-state index contributed by atoms with van der Waals surface area (Å²) in [6, 6.07) is 18.1. The first-order valence-corrected chi connectivity index (χ1v) is 12.0. The van der Waals surface area contributed by atoms with Gasteiger partial charge in [-0.3, -0.25) is 9.10 Å². The van der Waals surface area contributed by atoms with Crippen molar-refractivity contribution in [3.8, 4) is 17.2 Å². The lowest BCUT2D eigenvalue weighted by atomic mass is 10.1. The van der Waals surface area contributed by atoms with Crippen LogP contribution in [0.1, 0.15) is 15.9 Å². The molecule has 9 heteroatoms. The van der Waals surface area contributed by atoms with E-state index in [1.165, 1.54) is 23.5 Å². The zero-order chi connectivity index (χ0) is 24.7. The normalized spacial score (nSPS) is 10.9. The zero-order valence-corrected chi connectivity index (χ0v) is 20.4. The van der Waals surface area contributed by atoms with Crippen LogP contribution in [-0.2, 0) is 16.4 Å². The van der Waals surface area contributed by atoms with Crippen molar-refractivity contribution in [2.24, 2.45) is 0 Å². The lowest BCUT2D eigenvalue weighted by molar-refractivity contribution is 0.0954. The van der Waals surface area contributed by atoms with Crippen LogP contribution in [0.15, 0.2) is 71.6 Å². The number of ether oxygens (including phenoxy) is 3. The Morgan fingerprint density at radius 1 is 0.882 bits per heavy atom. The van der Waals surface area contributed by atoms with Gasteiger partial charge in [0.1, 0.15) is 17.2 Å². The third kappa shape index (κ3) is 5.60. The molecule has 0 aliphatic carbocycles. The number of sulfonamides is 1. The van der Waals surface area contributed by atoms with E-state index in [0.29, 0.717) is 35.9 Å². The molecule has 0 fully saturated rings. The number of nitrogens with zero attached hydrogens (tertiary/aromatic N) is 1. The molecule has 0 aliphatic heterocycles. The van der Waals surface area contributed by atoms with E-state index in [1.807, 2.05) is 12.1 Å². The Balaban J connectivity index is 1.70. The van der Waals surface area contributed by atoms with Gasteiger partial charge in [0, 0.05) is 25.2 Å². The summed E-state index contributed by atoms with van der Waals surface area (Å²) in [5, 5.41) is 2.83. The number of hydrogen-bond acceptors (Lipinski definition) is 6. The SMILES string of the molecule is COc1ccc(N(C)S(=O)(=O)c2cccc(C(=O)NCCc3ccc(OC)cc3OC)c2)cc1. The van der Waals surface area contributed by atoms with Gasteiger partial charge in [-0.25, -0.2) is 8.42 Å². The number of amides is 1. The Kier molecular flexibility index (Phi) is 8.01. The number of methoxy groups -OCH3 is 3. The standard InChI is InChI=1S/C25H28N2O6S/c1-27(20-9-12-21(31-2)13-10-20)34(29,30)23-7-5-6-19(16-23)25(28)26-15-14-18-8-11-22(32-3)17-24(18)33-4/h5-13,16-17H,14-15H2,1-4H3,(H,26,28). The molecule has 0 atom stereocenters. The molecule has 0 radical (unpaired) electrons. The number of nitrogens with one attached hydrogen (secondary N) is 1. The van der Waals surface area contributed by atoms with Crippen LogP contribution in [0.3, 0.4) is 0 Å². The highest BCUT2D eigenvalue weighted by Gasteiger charge is 2.22. The van der Waals surface area contributed by atoms with E-state index in [4.69, 9.17) is 14.2 Å². The van der Waals surface area contributed by atoms with E-state index in [-0.39, 0.29) is 16.4 Å². The lowest BCUT2D eigenvalue weighted by Gasteiger charge is -2.20. The minimum absolute atomic E-state index is 0.0234. The van der Waals surface area contributed by atoms with E-state index < -0.39 is 10.0 Å². The van der Waals surface area contributed by atoms with Crippen LogP contribution in [0.25, 0.3) is 0 Å². The fraction of sp³-hybridized carbons (Fsp3) is 0.240. The predicted molar refractivity (Wildman–Crippen MR) is 131 cm³/mol. The molecule has 0 heterocycles. The lowest BCUT2D eigenvalue weighted by Crippen LogP contribution is -2.28. The van der Waals surface area contributed by atoms with Crippen molar-refractivity contribution >= 4 is 21.6 Å².